The quantitative estimate of drug-likeness (QED) is 0.312. The van der Waals surface area contributed by atoms with Crippen LogP contribution in [0.3, 0.4) is 0 Å². The van der Waals surface area contributed by atoms with Crippen molar-refractivity contribution in [2.24, 2.45) is 0 Å². The molecule has 0 atom stereocenters. The zero-order valence-electron chi connectivity index (χ0n) is 12.6. The van der Waals surface area contributed by atoms with E-state index in [1.165, 1.54) is 6.07 Å². The van der Waals surface area contributed by atoms with Crippen LogP contribution in [0.5, 0.6) is 0 Å². The molecular weight excluding hydrogens is 279 g/mol. The molecule has 3 rings (SSSR count). The molecule has 0 aromatic heterocycles. The first-order valence-corrected chi connectivity index (χ1v) is 7.49. The van der Waals surface area contributed by atoms with E-state index < -0.39 is 10.1 Å². The van der Waals surface area contributed by atoms with Crippen molar-refractivity contribution in [1.82, 2.24) is 0 Å². The predicted molar refractivity (Wildman–Crippen MR) is 81.0 cm³/mol. The molecule has 0 saturated heterocycles. The third-order valence-corrected chi connectivity index (χ3v) is 4.49. The topological polar surface area (TPSA) is 43.4 Å². The van der Waals surface area contributed by atoms with Gasteiger partial charge in [0.1, 0.15) is 4.90 Å². The fraction of sp³-hybridized carbons (Fsp3) is 0. The number of hydrogen-bond donors (Lipinski definition) is 0. The molecule has 0 saturated carbocycles. The normalized spacial score (nSPS) is 11.0. The molecule has 3 nitrogen and oxygen atoms in total. The maximum Gasteiger partial charge on any atom is 1.00 e. The van der Waals surface area contributed by atoms with Crippen molar-refractivity contribution in [1.29, 1.82) is 0 Å². The van der Waals surface area contributed by atoms with E-state index in [2.05, 4.69) is 10.8 Å². The maximum atomic E-state index is 12.1. The van der Waals surface area contributed by atoms with Gasteiger partial charge < -0.3 is 5.61 Å². The summed E-state index contributed by atoms with van der Waals surface area (Å²) in [6, 6.07) is 16.7. The molecule has 0 radical (unpaired) electrons. The summed E-state index contributed by atoms with van der Waals surface area (Å²) >= 11 is 0. The Kier molecular flexibility index (Phi) is 4.43. The Morgan fingerprint density at radius 2 is 1.62 bits per heavy atom. The Morgan fingerprint density at radius 3 is 2.38 bits per heavy atom. The van der Waals surface area contributed by atoms with Gasteiger partial charge in [0.2, 0.25) is 0 Å². The summed E-state index contributed by atoms with van der Waals surface area (Å²) in [4.78, 5) is 0.153. The Balaban J connectivity index is 0.00000121. The van der Waals surface area contributed by atoms with Gasteiger partial charge in [-0.2, -0.15) is 8.42 Å². The van der Waals surface area contributed by atoms with Crippen LogP contribution < -0.4 is 18.9 Å². The third kappa shape index (κ3) is 2.71. The summed E-state index contributed by atoms with van der Waals surface area (Å²) in [7, 11) is -3.82. The standard InChI is InChI=1S/C16H12O3S.Li.H/c1-2-19-20(17,18)16-9-5-8-14-13-7-4-3-6-12(13)10-11-15(14)16;;/h2-11H,1H2;;/q;+1;-1. The van der Waals surface area contributed by atoms with Crippen LogP contribution in [0, 0.1) is 0 Å². The molecular formula is C16H13LiO3S. The van der Waals surface area contributed by atoms with Crippen molar-refractivity contribution in [3.05, 3.63) is 67.4 Å². The minimum absolute atomic E-state index is 0. The molecule has 0 fully saturated rings. The van der Waals surface area contributed by atoms with Gasteiger partial charge in [0.25, 0.3) is 0 Å². The molecule has 0 bridgehead atoms. The van der Waals surface area contributed by atoms with Crippen LogP contribution in [0.1, 0.15) is 1.43 Å². The molecule has 5 heteroatoms. The molecule has 0 aliphatic carbocycles. The van der Waals surface area contributed by atoms with Gasteiger partial charge in [-0.3, -0.25) is 0 Å². The van der Waals surface area contributed by atoms with Crippen LogP contribution in [-0.2, 0) is 14.3 Å². The van der Waals surface area contributed by atoms with E-state index in [0.29, 0.717) is 5.39 Å². The summed E-state index contributed by atoms with van der Waals surface area (Å²) in [6.45, 7) is 3.30. The second-order valence-corrected chi connectivity index (χ2v) is 5.90. The van der Waals surface area contributed by atoms with Crippen LogP contribution in [0.4, 0.5) is 0 Å². The third-order valence-electron chi connectivity index (χ3n) is 3.21. The molecule has 3 aromatic rings. The fourth-order valence-electron chi connectivity index (χ4n) is 2.37. The Bertz CT molecular complexity index is 923. The monoisotopic (exact) mass is 292 g/mol. The fourth-order valence-corrected chi connectivity index (χ4v) is 3.35. The minimum Gasteiger partial charge on any atom is -1.00 e. The first kappa shape index (κ1) is 15.7. The summed E-state index contributed by atoms with van der Waals surface area (Å²) < 4.78 is 28.8. The molecule has 0 spiro atoms. The molecule has 0 aliphatic rings. The van der Waals surface area contributed by atoms with Gasteiger partial charge in [-0.1, -0.05) is 55.1 Å². The first-order valence-electron chi connectivity index (χ1n) is 6.08. The van der Waals surface area contributed by atoms with Gasteiger partial charge in [-0.25, -0.2) is 0 Å². The molecule has 0 amide bonds. The van der Waals surface area contributed by atoms with Gasteiger partial charge in [-0.05, 0) is 22.2 Å². The van der Waals surface area contributed by atoms with E-state index in [1.54, 1.807) is 12.1 Å². The van der Waals surface area contributed by atoms with E-state index in [9.17, 15) is 8.42 Å². The SMILES string of the molecule is C=COS(=O)(=O)c1cccc2c1ccc1ccccc12.[H-].[Li+]. The van der Waals surface area contributed by atoms with Crippen molar-refractivity contribution >= 4 is 31.7 Å². The zero-order valence-corrected chi connectivity index (χ0v) is 12.4. The second kappa shape index (κ2) is 5.95. The van der Waals surface area contributed by atoms with Crippen molar-refractivity contribution in [3.8, 4) is 0 Å². The van der Waals surface area contributed by atoms with Crippen LogP contribution >= 0.6 is 0 Å². The summed E-state index contributed by atoms with van der Waals surface area (Å²) in [5.74, 6) is 0. The van der Waals surface area contributed by atoms with E-state index in [-0.39, 0.29) is 25.2 Å². The largest absolute Gasteiger partial charge is 1.00 e. The molecule has 0 aliphatic heterocycles. The molecule has 0 N–H and O–H groups in total. The number of rotatable bonds is 3. The van der Waals surface area contributed by atoms with Crippen molar-refractivity contribution < 1.29 is 32.9 Å². The van der Waals surface area contributed by atoms with Crippen molar-refractivity contribution in [2.45, 2.75) is 4.90 Å². The van der Waals surface area contributed by atoms with Gasteiger partial charge in [0, 0.05) is 5.39 Å². The average Bonchev–Trinajstić information content (AvgIpc) is 2.46. The first-order chi connectivity index (χ1) is 9.63. The molecule has 0 heterocycles. The minimum atomic E-state index is -3.82. The number of benzene rings is 3. The van der Waals surface area contributed by atoms with Crippen LogP contribution in [0.2, 0.25) is 0 Å². The summed E-state index contributed by atoms with van der Waals surface area (Å²) in [6.07, 6.45) is 0.926. The van der Waals surface area contributed by atoms with Crippen molar-refractivity contribution in [2.75, 3.05) is 0 Å². The van der Waals surface area contributed by atoms with Crippen LogP contribution in [-0.4, -0.2) is 8.42 Å². The Labute approximate surface area is 137 Å². The number of hydrogen-bond acceptors (Lipinski definition) is 3. The van der Waals surface area contributed by atoms with Crippen LogP contribution in [0.25, 0.3) is 21.5 Å². The van der Waals surface area contributed by atoms with E-state index in [0.717, 1.165) is 22.4 Å². The van der Waals surface area contributed by atoms with E-state index >= 15 is 0 Å². The van der Waals surface area contributed by atoms with E-state index in [1.807, 2.05) is 36.4 Å². The molecule has 3 aromatic carbocycles. The summed E-state index contributed by atoms with van der Waals surface area (Å²) in [5, 5.41) is 3.62. The van der Waals surface area contributed by atoms with Crippen molar-refractivity contribution in [3.63, 3.8) is 0 Å². The molecule has 102 valence electrons. The van der Waals surface area contributed by atoms with Crippen LogP contribution in [0.15, 0.2) is 72.3 Å². The maximum absolute atomic E-state index is 12.1. The Hall–Kier alpha value is -1.73. The molecule has 21 heavy (non-hydrogen) atoms. The average molecular weight is 292 g/mol. The van der Waals surface area contributed by atoms with Gasteiger partial charge in [0.05, 0.1) is 6.26 Å². The predicted octanol–water partition coefficient (Wildman–Crippen LogP) is 0.958. The van der Waals surface area contributed by atoms with E-state index in [4.69, 9.17) is 0 Å². The second-order valence-electron chi connectivity index (χ2n) is 4.35. The smallest absolute Gasteiger partial charge is 1.00 e. The zero-order chi connectivity index (χ0) is 14.2. The molecule has 0 unspecified atom stereocenters. The number of fused-ring (bicyclic) bond motifs is 3. The summed E-state index contributed by atoms with van der Waals surface area (Å²) in [5.41, 5.74) is 0. The van der Waals surface area contributed by atoms with Gasteiger partial charge in [-0.15, -0.1) is 0 Å². The Morgan fingerprint density at radius 1 is 0.905 bits per heavy atom. The van der Waals surface area contributed by atoms with Gasteiger partial charge >= 0.3 is 29.0 Å². The van der Waals surface area contributed by atoms with Gasteiger partial charge in [0.15, 0.2) is 0 Å².